The molecule has 7 nitrogen and oxygen atoms in total. The molecule has 9 heteroatoms. The second-order valence-electron chi connectivity index (χ2n) is 9.36. The molecule has 0 aromatic heterocycles. The molecule has 1 atom stereocenters. The number of halogens is 1. The molecule has 0 bridgehead atoms. The Kier molecular flexibility index (Phi) is 9.78. The summed E-state index contributed by atoms with van der Waals surface area (Å²) in [5.41, 5.74) is 7.16. The van der Waals surface area contributed by atoms with Crippen LogP contribution in [0.3, 0.4) is 0 Å². The SMILES string of the molecule is CSc1ccc(NC(=O)O[C@@H](c2ccc(O)c(F)c2)C(C)(C)CC/C=C/C(=O)Nc2ccccc2N)cc1. The van der Waals surface area contributed by atoms with E-state index in [-0.39, 0.29) is 5.91 Å². The van der Waals surface area contributed by atoms with Gasteiger partial charge in [-0.15, -0.1) is 11.8 Å². The van der Waals surface area contributed by atoms with Crippen LogP contribution in [-0.4, -0.2) is 23.4 Å². The summed E-state index contributed by atoms with van der Waals surface area (Å²) in [5, 5.41) is 15.1. The molecule has 0 spiro atoms. The molecule has 200 valence electrons. The number of nitrogens with one attached hydrogen (secondary N) is 2. The number of hydrogen-bond acceptors (Lipinski definition) is 6. The minimum Gasteiger partial charge on any atom is -0.505 e. The largest absolute Gasteiger partial charge is 0.505 e. The van der Waals surface area contributed by atoms with Gasteiger partial charge in [0.2, 0.25) is 5.91 Å². The van der Waals surface area contributed by atoms with Crippen LogP contribution < -0.4 is 16.4 Å². The van der Waals surface area contributed by atoms with E-state index < -0.39 is 29.2 Å². The van der Waals surface area contributed by atoms with Gasteiger partial charge in [0, 0.05) is 16.0 Å². The Bertz CT molecular complexity index is 1300. The fourth-order valence-corrected chi connectivity index (χ4v) is 4.26. The average molecular weight is 538 g/mol. The van der Waals surface area contributed by atoms with Gasteiger partial charge in [0.25, 0.3) is 0 Å². The van der Waals surface area contributed by atoms with Crippen molar-refractivity contribution in [3.8, 4) is 5.75 Å². The summed E-state index contributed by atoms with van der Waals surface area (Å²) in [6, 6.07) is 18.2. The van der Waals surface area contributed by atoms with Crippen molar-refractivity contribution in [2.24, 2.45) is 5.41 Å². The second kappa shape index (κ2) is 13.0. The van der Waals surface area contributed by atoms with Crippen LogP contribution in [0.5, 0.6) is 5.75 Å². The van der Waals surface area contributed by atoms with Crippen molar-refractivity contribution in [3.63, 3.8) is 0 Å². The number of amides is 2. The molecule has 38 heavy (non-hydrogen) atoms. The van der Waals surface area contributed by atoms with Crippen LogP contribution in [0, 0.1) is 11.2 Å². The van der Waals surface area contributed by atoms with E-state index in [1.807, 2.05) is 32.2 Å². The first-order chi connectivity index (χ1) is 18.1. The third-order valence-electron chi connectivity index (χ3n) is 5.99. The fourth-order valence-electron chi connectivity index (χ4n) is 3.86. The van der Waals surface area contributed by atoms with Crippen LogP contribution in [0.1, 0.15) is 38.4 Å². The third-order valence-corrected chi connectivity index (χ3v) is 6.73. The molecule has 3 rings (SSSR count). The van der Waals surface area contributed by atoms with Crippen LogP contribution >= 0.6 is 11.8 Å². The molecule has 0 radical (unpaired) electrons. The summed E-state index contributed by atoms with van der Waals surface area (Å²) in [7, 11) is 0. The van der Waals surface area contributed by atoms with Gasteiger partial charge in [-0.3, -0.25) is 10.1 Å². The molecule has 3 aromatic carbocycles. The van der Waals surface area contributed by atoms with Crippen molar-refractivity contribution in [1.29, 1.82) is 0 Å². The van der Waals surface area contributed by atoms with Gasteiger partial charge in [-0.1, -0.05) is 38.1 Å². The highest BCUT2D eigenvalue weighted by atomic mass is 32.2. The predicted octanol–water partition coefficient (Wildman–Crippen LogP) is 7.13. The molecule has 0 aliphatic rings. The molecular formula is C29H32FN3O4S. The van der Waals surface area contributed by atoms with Crippen molar-refractivity contribution in [1.82, 2.24) is 0 Å². The Morgan fingerprint density at radius 2 is 1.82 bits per heavy atom. The average Bonchev–Trinajstić information content (AvgIpc) is 2.89. The quantitative estimate of drug-likeness (QED) is 0.124. The van der Waals surface area contributed by atoms with Gasteiger partial charge in [-0.25, -0.2) is 9.18 Å². The highest BCUT2D eigenvalue weighted by Crippen LogP contribution is 2.41. The molecule has 0 fully saturated rings. The molecule has 0 heterocycles. The smallest absolute Gasteiger partial charge is 0.412 e. The number of para-hydroxylation sites is 2. The predicted molar refractivity (Wildman–Crippen MR) is 151 cm³/mol. The monoisotopic (exact) mass is 537 g/mol. The maximum absolute atomic E-state index is 14.2. The fraction of sp³-hybridized carbons (Fsp3) is 0.241. The minimum atomic E-state index is -0.839. The third kappa shape index (κ3) is 8.01. The van der Waals surface area contributed by atoms with Gasteiger partial charge in [0.15, 0.2) is 11.6 Å². The van der Waals surface area contributed by atoms with Crippen LogP contribution in [0.2, 0.25) is 0 Å². The molecule has 0 aliphatic heterocycles. The Balaban J connectivity index is 1.70. The first-order valence-electron chi connectivity index (χ1n) is 12.0. The summed E-state index contributed by atoms with van der Waals surface area (Å²) >= 11 is 1.59. The van der Waals surface area contributed by atoms with Crippen LogP contribution in [0.4, 0.5) is 26.2 Å². The number of benzene rings is 3. The Morgan fingerprint density at radius 1 is 1.11 bits per heavy atom. The van der Waals surface area contributed by atoms with Gasteiger partial charge in [0.1, 0.15) is 6.10 Å². The number of allylic oxidation sites excluding steroid dienone is 1. The van der Waals surface area contributed by atoms with E-state index in [1.165, 1.54) is 18.2 Å². The molecule has 0 aliphatic carbocycles. The van der Waals surface area contributed by atoms with Gasteiger partial charge in [-0.2, -0.15) is 0 Å². The number of carbonyl (C=O) groups is 2. The van der Waals surface area contributed by atoms with Gasteiger partial charge < -0.3 is 20.9 Å². The number of rotatable bonds is 10. The lowest BCUT2D eigenvalue weighted by Crippen LogP contribution is -2.29. The summed E-state index contributed by atoms with van der Waals surface area (Å²) in [6.07, 6.45) is 4.57. The number of phenolic OH excluding ortho intramolecular Hbond substituents is 1. The molecule has 2 amide bonds. The first-order valence-corrected chi connectivity index (χ1v) is 13.2. The molecular weight excluding hydrogens is 505 g/mol. The van der Waals surface area contributed by atoms with Crippen LogP contribution in [0.25, 0.3) is 0 Å². The number of aromatic hydroxyl groups is 1. The van der Waals surface area contributed by atoms with E-state index in [0.29, 0.717) is 35.5 Å². The standard InChI is InChI=1S/C29H32FN3O4S/c1-29(2,17-7-6-10-26(35)33-24-9-5-4-8-23(24)31)27(19-11-16-25(34)22(30)18-19)37-28(36)32-20-12-14-21(38-3)15-13-20/h4-6,8-16,18,27,34H,7,17,31H2,1-3H3,(H,32,36)(H,33,35)/b10-6+/t27-/m0/s1. The van der Waals surface area contributed by atoms with Crippen molar-refractivity contribution < 1.29 is 23.8 Å². The lowest BCUT2D eigenvalue weighted by Gasteiger charge is -2.34. The number of nitrogens with two attached hydrogens (primary N) is 1. The summed E-state index contributed by atoms with van der Waals surface area (Å²) in [6.45, 7) is 3.78. The summed E-state index contributed by atoms with van der Waals surface area (Å²) < 4.78 is 20.0. The Morgan fingerprint density at radius 3 is 2.47 bits per heavy atom. The number of thioether (sulfide) groups is 1. The van der Waals surface area contributed by atoms with E-state index in [0.717, 1.165) is 11.0 Å². The number of hydrogen-bond donors (Lipinski definition) is 4. The van der Waals surface area contributed by atoms with E-state index in [1.54, 1.807) is 54.2 Å². The minimum absolute atomic E-state index is 0.319. The zero-order chi connectivity index (χ0) is 27.7. The van der Waals surface area contributed by atoms with Crippen LogP contribution in [-0.2, 0) is 9.53 Å². The van der Waals surface area contributed by atoms with Crippen molar-refractivity contribution >= 4 is 40.8 Å². The van der Waals surface area contributed by atoms with E-state index in [9.17, 15) is 19.1 Å². The van der Waals surface area contributed by atoms with Crippen LogP contribution in [0.15, 0.2) is 83.8 Å². The maximum atomic E-state index is 14.2. The lowest BCUT2D eigenvalue weighted by molar-refractivity contribution is -0.111. The lowest BCUT2D eigenvalue weighted by atomic mass is 9.78. The molecule has 0 saturated heterocycles. The zero-order valence-corrected chi connectivity index (χ0v) is 22.3. The van der Waals surface area contributed by atoms with Gasteiger partial charge in [-0.05, 0) is 79.3 Å². The first kappa shape index (κ1) is 28.6. The normalized spacial score (nSPS) is 12.2. The second-order valence-corrected chi connectivity index (χ2v) is 10.2. The topological polar surface area (TPSA) is 114 Å². The van der Waals surface area contributed by atoms with E-state index in [4.69, 9.17) is 10.5 Å². The Hall–Kier alpha value is -3.98. The van der Waals surface area contributed by atoms with Crippen molar-refractivity contribution in [3.05, 3.63) is 90.3 Å². The number of ether oxygens (including phenoxy) is 1. The highest BCUT2D eigenvalue weighted by Gasteiger charge is 2.34. The Labute approximate surface area is 226 Å². The number of phenols is 1. The van der Waals surface area contributed by atoms with Crippen molar-refractivity contribution in [2.45, 2.75) is 37.7 Å². The molecule has 0 unspecified atom stereocenters. The molecule has 0 saturated carbocycles. The number of nitrogen functional groups attached to an aromatic ring is 1. The van der Waals surface area contributed by atoms with E-state index >= 15 is 0 Å². The van der Waals surface area contributed by atoms with Gasteiger partial charge in [0.05, 0.1) is 11.4 Å². The number of carbonyl (C=O) groups excluding carboxylic acids is 2. The highest BCUT2D eigenvalue weighted by molar-refractivity contribution is 7.98. The molecule has 3 aromatic rings. The summed E-state index contributed by atoms with van der Waals surface area (Å²) in [5.74, 6) is -1.62. The van der Waals surface area contributed by atoms with Crippen molar-refractivity contribution in [2.75, 3.05) is 22.6 Å². The molecule has 5 N–H and O–H groups in total. The number of anilines is 3. The van der Waals surface area contributed by atoms with Gasteiger partial charge >= 0.3 is 6.09 Å². The summed E-state index contributed by atoms with van der Waals surface area (Å²) in [4.78, 5) is 26.1. The maximum Gasteiger partial charge on any atom is 0.412 e. The zero-order valence-electron chi connectivity index (χ0n) is 21.5. The van der Waals surface area contributed by atoms with E-state index in [2.05, 4.69) is 10.6 Å².